The van der Waals surface area contributed by atoms with Gasteiger partial charge in [-0.3, -0.25) is 14.5 Å². The molecule has 1 aliphatic heterocycles. The van der Waals surface area contributed by atoms with Crippen molar-refractivity contribution in [2.75, 3.05) is 17.6 Å². The first-order valence-electron chi connectivity index (χ1n) is 11.6. The summed E-state index contributed by atoms with van der Waals surface area (Å²) in [5.41, 5.74) is 8.03. The average Bonchev–Trinajstić information content (AvgIpc) is 3.15. The maximum atomic E-state index is 15.1. The topological polar surface area (TPSA) is 102 Å². The smallest absolute Gasteiger partial charge is 0.244 e. The Kier molecular flexibility index (Phi) is 5.61. The Balaban J connectivity index is 1.45. The predicted molar refractivity (Wildman–Crippen MR) is 135 cm³/mol. The Labute approximate surface area is 207 Å². The van der Waals surface area contributed by atoms with Gasteiger partial charge in [0, 0.05) is 40.5 Å². The van der Waals surface area contributed by atoms with Gasteiger partial charge >= 0.3 is 0 Å². The van der Waals surface area contributed by atoms with Crippen molar-refractivity contribution in [1.29, 1.82) is 0 Å². The molecular weight excluding hydrogens is 464 g/mol. The third kappa shape index (κ3) is 4.23. The molecule has 1 aromatic carbocycles. The van der Waals surface area contributed by atoms with E-state index in [1.165, 1.54) is 16.9 Å². The molecule has 0 bridgehead atoms. The number of anilines is 3. The molecule has 0 saturated heterocycles. The normalized spacial score (nSPS) is 16.2. The first-order chi connectivity index (χ1) is 17.0. The molecule has 0 spiro atoms. The molecule has 186 valence electrons. The molecule has 1 unspecified atom stereocenters. The molecule has 1 atom stereocenters. The molecular formula is C26H27F2N7O. The standard InChI is InChI=1S/C26H27F2N7O/c1-14-18(10-30-11-21(14)29)17-5-15-7-23(31-9-16(15)6-19(17)27)32-24-8-22-20(28)12-34(26(2,3)4)25(36)13-35(22)33-24/h5-11,20H,12-13,29H2,1-4H3,(H,31,32,33). The van der Waals surface area contributed by atoms with Gasteiger partial charge in [-0.1, -0.05) is 0 Å². The molecule has 0 aliphatic carbocycles. The number of alkyl halides is 1. The number of nitrogen functional groups attached to an aromatic ring is 1. The number of nitrogens with two attached hydrogens (primary N) is 1. The van der Waals surface area contributed by atoms with Gasteiger partial charge < -0.3 is 16.0 Å². The van der Waals surface area contributed by atoms with Crippen molar-refractivity contribution in [3.8, 4) is 11.1 Å². The number of rotatable bonds is 3. The summed E-state index contributed by atoms with van der Waals surface area (Å²) < 4.78 is 31.4. The minimum Gasteiger partial charge on any atom is -0.397 e. The highest BCUT2D eigenvalue weighted by atomic mass is 19.1. The number of pyridine rings is 2. The van der Waals surface area contributed by atoms with Crippen molar-refractivity contribution in [1.82, 2.24) is 24.6 Å². The predicted octanol–water partition coefficient (Wildman–Crippen LogP) is 4.92. The van der Waals surface area contributed by atoms with E-state index in [4.69, 9.17) is 5.73 Å². The van der Waals surface area contributed by atoms with Crippen molar-refractivity contribution in [3.05, 3.63) is 59.9 Å². The van der Waals surface area contributed by atoms with Gasteiger partial charge in [0.2, 0.25) is 5.91 Å². The van der Waals surface area contributed by atoms with E-state index >= 15 is 4.39 Å². The Hall–Kier alpha value is -4.08. The molecule has 1 amide bonds. The number of hydrogen-bond donors (Lipinski definition) is 2. The third-order valence-corrected chi connectivity index (χ3v) is 6.48. The minimum absolute atomic E-state index is 0.0334. The fraction of sp³-hybridized carbons (Fsp3) is 0.308. The molecule has 1 aliphatic rings. The zero-order valence-corrected chi connectivity index (χ0v) is 20.5. The van der Waals surface area contributed by atoms with Crippen LogP contribution in [0.1, 0.15) is 38.2 Å². The lowest BCUT2D eigenvalue weighted by Gasteiger charge is -2.35. The monoisotopic (exact) mass is 491 g/mol. The quantitative estimate of drug-likeness (QED) is 0.422. The van der Waals surface area contributed by atoms with Crippen LogP contribution in [0.15, 0.2) is 42.9 Å². The van der Waals surface area contributed by atoms with E-state index in [0.717, 1.165) is 10.9 Å². The van der Waals surface area contributed by atoms with Gasteiger partial charge in [-0.2, -0.15) is 5.10 Å². The lowest BCUT2D eigenvalue weighted by molar-refractivity contribution is -0.137. The second-order valence-corrected chi connectivity index (χ2v) is 10.0. The van der Waals surface area contributed by atoms with Gasteiger partial charge in [0.15, 0.2) is 12.0 Å². The SMILES string of the molecule is Cc1c(N)cncc1-c1cc2cc(Nc3cc4n(n3)CC(=O)N(C(C)(C)C)CC4F)ncc2cc1F. The first kappa shape index (κ1) is 23.7. The number of halogens is 2. The van der Waals surface area contributed by atoms with Gasteiger partial charge in [0.05, 0.1) is 24.1 Å². The third-order valence-electron chi connectivity index (χ3n) is 6.48. The summed E-state index contributed by atoms with van der Waals surface area (Å²) in [7, 11) is 0. The van der Waals surface area contributed by atoms with Crippen molar-refractivity contribution >= 4 is 34.0 Å². The lowest BCUT2D eigenvalue weighted by atomic mass is 9.99. The van der Waals surface area contributed by atoms with Crippen LogP contribution in [-0.2, 0) is 11.3 Å². The largest absolute Gasteiger partial charge is 0.397 e. The van der Waals surface area contributed by atoms with Crippen LogP contribution in [0.3, 0.4) is 0 Å². The van der Waals surface area contributed by atoms with Crippen molar-refractivity contribution < 1.29 is 13.6 Å². The molecule has 36 heavy (non-hydrogen) atoms. The summed E-state index contributed by atoms with van der Waals surface area (Å²) in [6.45, 7) is 7.38. The summed E-state index contributed by atoms with van der Waals surface area (Å²) in [5, 5.41) is 8.84. The number of carbonyl (C=O) groups excluding carboxylic acids is 1. The van der Waals surface area contributed by atoms with Crippen LogP contribution in [0.4, 0.5) is 26.1 Å². The van der Waals surface area contributed by atoms with Gasteiger partial charge in [-0.25, -0.2) is 13.8 Å². The van der Waals surface area contributed by atoms with E-state index in [1.807, 2.05) is 27.7 Å². The second-order valence-electron chi connectivity index (χ2n) is 10.0. The number of carbonyl (C=O) groups is 1. The number of nitrogens with zero attached hydrogens (tertiary/aromatic N) is 5. The Morgan fingerprint density at radius 3 is 2.58 bits per heavy atom. The van der Waals surface area contributed by atoms with E-state index in [0.29, 0.717) is 39.5 Å². The van der Waals surface area contributed by atoms with Crippen LogP contribution in [-0.4, -0.2) is 42.6 Å². The summed E-state index contributed by atoms with van der Waals surface area (Å²) in [4.78, 5) is 22.7. The van der Waals surface area contributed by atoms with Crippen LogP contribution in [0.25, 0.3) is 21.9 Å². The lowest BCUT2D eigenvalue weighted by Crippen LogP contribution is -2.47. The first-order valence-corrected chi connectivity index (χ1v) is 11.6. The zero-order chi connectivity index (χ0) is 25.8. The van der Waals surface area contributed by atoms with E-state index in [1.54, 1.807) is 35.5 Å². The molecule has 0 fully saturated rings. The summed E-state index contributed by atoms with van der Waals surface area (Å²) >= 11 is 0. The van der Waals surface area contributed by atoms with E-state index < -0.39 is 17.5 Å². The van der Waals surface area contributed by atoms with Crippen LogP contribution < -0.4 is 11.1 Å². The Morgan fingerprint density at radius 1 is 1.06 bits per heavy atom. The number of aromatic nitrogens is 4. The highest BCUT2D eigenvalue weighted by molar-refractivity contribution is 5.90. The van der Waals surface area contributed by atoms with Crippen LogP contribution in [0.2, 0.25) is 0 Å². The molecule has 3 N–H and O–H groups in total. The van der Waals surface area contributed by atoms with Crippen LogP contribution in [0.5, 0.6) is 0 Å². The van der Waals surface area contributed by atoms with Crippen LogP contribution >= 0.6 is 0 Å². The maximum Gasteiger partial charge on any atom is 0.244 e. The molecule has 10 heteroatoms. The highest BCUT2D eigenvalue weighted by Crippen LogP contribution is 2.33. The number of nitrogens with one attached hydrogen (secondary N) is 1. The molecule has 5 rings (SSSR count). The maximum absolute atomic E-state index is 15.1. The number of hydrogen-bond acceptors (Lipinski definition) is 6. The fourth-order valence-electron chi connectivity index (χ4n) is 4.47. The Bertz CT molecular complexity index is 1490. The van der Waals surface area contributed by atoms with E-state index in [2.05, 4.69) is 20.4 Å². The molecule has 4 heterocycles. The van der Waals surface area contributed by atoms with Gasteiger partial charge in [-0.05, 0) is 56.8 Å². The van der Waals surface area contributed by atoms with E-state index in [9.17, 15) is 9.18 Å². The molecule has 3 aromatic heterocycles. The fourth-order valence-corrected chi connectivity index (χ4v) is 4.47. The zero-order valence-electron chi connectivity index (χ0n) is 20.5. The van der Waals surface area contributed by atoms with E-state index in [-0.39, 0.29) is 19.0 Å². The number of benzene rings is 1. The van der Waals surface area contributed by atoms with Crippen molar-refractivity contribution in [3.63, 3.8) is 0 Å². The molecule has 0 radical (unpaired) electrons. The molecule has 0 saturated carbocycles. The molecule has 4 aromatic rings. The van der Waals surface area contributed by atoms with Crippen molar-refractivity contribution in [2.45, 2.75) is 46.0 Å². The number of amides is 1. The Morgan fingerprint density at radius 2 is 1.83 bits per heavy atom. The average molecular weight is 492 g/mol. The van der Waals surface area contributed by atoms with Gasteiger partial charge in [0.25, 0.3) is 0 Å². The molecule has 8 nitrogen and oxygen atoms in total. The summed E-state index contributed by atoms with van der Waals surface area (Å²) in [5.74, 6) is 0.230. The minimum atomic E-state index is -1.37. The second kappa shape index (κ2) is 8.54. The summed E-state index contributed by atoms with van der Waals surface area (Å²) in [6, 6.07) is 6.50. The van der Waals surface area contributed by atoms with Gasteiger partial charge in [-0.15, -0.1) is 0 Å². The van der Waals surface area contributed by atoms with Crippen LogP contribution in [0, 0.1) is 12.7 Å². The summed E-state index contributed by atoms with van der Waals surface area (Å²) in [6.07, 6.45) is 3.30. The van der Waals surface area contributed by atoms with Gasteiger partial charge in [0.1, 0.15) is 18.2 Å². The number of fused-ring (bicyclic) bond motifs is 2. The highest BCUT2D eigenvalue weighted by Gasteiger charge is 2.34. The van der Waals surface area contributed by atoms with Crippen molar-refractivity contribution in [2.24, 2.45) is 0 Å².